The number of nitrogens with zero attached hydrogens (tertiary/aromatic N) is 1. The van der Waals surface area contributed by atoms with Gasteiger partial charge in [-0.2, -0.15) is 11.8 Å². The molecule has 0 amide bonds. The molecule has 5 nitrogen and oxygen atoms in total. The highest BCUT2D eigenvalue weighted by molar-refractivity contribution is 7.99. The van der Waals surface area contributed by atoms with Crippen molar-refractivity contribution in [3.8, 4) is 11.5 Å². The second-order valence-electron chi connectivity index (χ2n) is 4.97. The van der Waals surface area contributed by atoms with Gasteiger partial charge in [0, 0.05) is 24.6 Å². The normalized spacial score (nSPS) is 17.3. The second kappa shape index (κ2) is 7.04. The largest absolute Gasteiger partial charge is 0.496 e. The van der Waals surface area contributed by atoms with Crippen molar-refractivity contribution >= 4 is 17.7 Å². The molecule has 1 N–H and O–H groups in total. The first-order valence-electron chi connectivity index (χ1n) is 6.85. The first kappa shape index (κ1) is 16.0. The average molecular weight is 311 g/mol. The predicted octanol–water partition coefficient (Wildman–Crippen LogP) is 2.19. The maximum atomic E-state index is 11.9. The fourth-order valence-electron chi connectivity index (χ4n) is 2.64. The number of carboxylic acid groups (broad SMARTS) is 1. The summed E-state index contributed by atoms with van der Waals surface area (Å²) in [7, 11) is 3.12. The number of methoxy groups -OCH3 is 2. The van der Waals surface area contributed by atoms with E-state index in [-0.39, 0.29) is 0 Å². The third kappa shape index (κ3) is 3.44. The summed E-state index contributed by atoms with van der Waals surface area (Å²) < 4.78 is 10.8. The van der Waals surface area contributed by atoms with Crippen LogP contribution >= 0.6 is 11.8 Å². The molecule has 1 fully saturated rings. The molecule has 1 aromatic carbocycles. The van der Waals surface area contributed by atoms with E-state index in [1.807, 2.05) is 35.7 Å². The molecule has 1 aliphatic rings. The van der Waals surface area contributed by atoms with Crippen LogP contribution < -0.4 is 9.47 Å². The number of hydrogen-bond acceptors (Lipinski definition) is 5. The Morgan fingerprint density at radius 3 is 2.19 bits per heavy atom. The van der Waals surface area contributed by atoms with E-state index in [1.54, 1.807) is 14.2 Å². The molecule has 0 saturated carbocycles. The molecule has 1 atom stereocenters. The van der Waals surface area contributed by atoms with Gasteiger partial charge in [0.2, 0.25) is 0 Å². The van der Waals surface area contributed by atoms with Crippen molar-refractivity contribution < 1.29 is 19.4 Å². The number of hydrogen-bond donors (Lipinski definition) is 1. The zero-order valence-electron chi connectivity index (χ0n) is 12.6. The highest BCUT2D eigenvalue weighted by atomic mass is 32.2. The Balaban J connectivity index is 2.50. The monoisotopic (exact) mass is 311 g/mol. The van der Waals surface area contributed by atoms with Gasteiger partial charge in [0.25, 0.3) is 0 Å². The van der Waals surface area contributed by atoms with Crippen molar-refractivity contribution in [3.63, 3.8) is 0 Å². The number of thioether (sulfide) groups is 1. The van der Waals surface area contributed by atoms with Crippen LogP contribution in [0.5, 0.6) is 11.5 Å². The molecular formula is C15H21NO4S. The Morgan fingerprint density at radius 2 is 1.76 bits per heavy atom. The van der Waals surface area contributed by atoms with E-state index in [2.05, 4.69) is 0 Å². The predicted molar refractivity (Wildman–Crippen MR) is 83.6 cm³/mol. The summed E-state index contributed by atoms with van der Waals surface area (Å²) in [5.74, 6) is 2.15. The molecule has 6 heteroatoms. The van der Waals surface area contributed by atoms with Crippen molar-refractivity contribution in [2.45, 2.75) is 13.0 Å². The quantitative estimate of drug-likeness (QED) is 0.899. The number of carboxylic acids is 1. The number of aliphatic carboxylic acids is 1. The van der Waals surface area contributed by atoms with Crippen molar-refractivity contribution in [3.05, 3.63) is 23.3 Å². The molecule has 1 heterocycles. The van der Waals surface area contributed by atoms with E-state index in [0.29, 0.717) is 17.1 Å². The molecule has 0 radical (unpaired) electrons. The van der Waals surface area contributed by atoms with Crippen LogP contribution in [0.1, 0.15) is 17.2 Å². The Hall–Kier alpha value is -1.40. The van der Waals surface area contributed by atoms with Gasteiger partial charge in [-0.3, -0.25) is 9.69 Å². The number of carbonyl (C=O) groups is 1. The smallest absolute Gasteiger partial charge is 0.325 e. The second-order valence-corrected chi connectivity index (χ2v) is 6.20. The molecule has 1 aromatic rings. The molecule has 0 bridgehead atoms. The topological polar surface area (TPSA) is 59.0 Å². The average Bonchev–Trinajstić information content (AvgIpc) is 2.49. The Labute approximate surface area is 129 Å². The summed E-state index contributed by atoms with van der Waals surface area (Å²) in [5, 5.41) is 9.73. The van der Waals surface area contributed by atoms with Crippen LogP contribution in [0.2, 0.25) is 0 Å². The summed E-state index contributed by atoms with van der Waals surface area (Å²) in [6, 6.07) is 2.97. The zero-order valence-corrected chi connectivity index (χ0v) is 13.4. The standard InChI is InChI=1S/C15H21NO4S/c1-10-8-11(19-2)13(12(9-10)20-3)14(15(17)18)16-4-6-21-7-5-16/h8-9,14H,4-7H2,1-3H3,(H,17,18)/t14-/m0/s1. The lowest BCUT2D eigenvalue weighted by Crippen LogP contribution is -2.40. The van der Waals surface area contributed by atoms with Gasteiger partial charge >= 0.3 is 5.97 Å². The van der Waals surface area contributed by atoms with Gasteiger partial charge in [-0.05, 0) is 24.6 Å². The van der Waals surface area contributed by atoms with E-state index >= 15 is 0 Å². The van der Waals surface area contributed by atoms with Crippen molar-refractivity contribution in [1.82, 2.24) is 4.90 Å². The molecule has 1 aliphatic heterocycles. The van der Waals surface area contributed by atoms with Crippen LogP contribution in [0.15, 0.2) is 12.1 Å². The molecule has 21 heavy (non-hydrogen) atoms. The Kier molecular flexibility index (Phi) is 5.36. The molecule has 0 aromatic heterocycles. The lowest BCUT2D eigenvalue weighted by atomic mass is 10.0. The van der Waals surface area contributed by atoms with E-state index in [4.69, 9.17) is 9.47 Å². The van der Waals surface area contributed by atoms with E-state index in [1.165, 1.54) is 0 Å². The highest BCUT2D eigenvalue weighted by Gasteiger charge is 2.33. The minimum Gasteiger partial charge on any atom is -0.496 e. The fraction of sp³-hybridized carbons (Fsp3) is 0.533. The Morgan fingerprint density at radius 1 is 1.24 bits per heavy atom. The molecule has 0 unspecified atom stereocenters. The Bertz CT molecular complexity index is 489. The van der Waals surface area contributed by atoms with Gasteiger partial charge < -0.3 is 14.6 Å². The minimum absolute atomic E-state index is 0.567. The first-order valence-corrected chi connectivity index (χ1v) is 8.01. The van der Waals surface area contributed by atoms with Crippen molar-refractivity contribution in [1.29, 1.82) is 0 Å². The van der Waals surface area contributed by atoms with Crippen LogP contribution in [0.3, 0.4) is 0 Å². The summed E-state index contributed by atoms with van der Waals surface area (Å²) in [4.78, 5) is 13.8. The summed E-state index contributed by atoms with van der Waals surface area (Å²) in [5.41, 5.74) is 1.58. The first-order chi connectivity index (χ1) is 10.1. The summed E-state index contributed by atoms with van der Waals surface area (Å²) in [6.45, 7) is 3.44. The number of rotatable bonds is 5. The lowest BCUT2D eigenvalue weighted by Gasteiger charge is -2.33. The van der Waals surface area contributed by atoms with Gasteiger partial charge in [0.05, 0.1) is 19.8 Å². The number of benzene rings is 1. The zero-order chi connectivity index (χ0) is 15.4. The minimum atomic E-state index is -0.873. The van der Waals surface area contributed by atoms with E-state index < -0.39 is 12.0 Å². The number of aryl methyl sites for hydroxylation is 1. The SMILES string of the molecule is COc1cc(C)cc(OC)c1[C@@H](C(=O)O)N1CCSCC1. The van der Waals surface area contributed by atoms with Crippen LogP contribution in [-0.4, -0.2) is 54.8 Å². The van der Waals surface area contributed by atoms with Gasteiger partial charge in [-0.15, -0.1) is 0 Å². The van der Waals surface area contributed by atoms with Crippen LogP contribution in [0.4, 0.5) is 0 Å². The van der Waals surface area contributed by atoms with E-state index in [0.717, 1.165) is 30.2 Å². The molecule has 116 valence electrons. The maximum Gasteiger partial charge on any atom is 0.325 e. The molecule has 1 saturated heterocycles. The van der Waals surface area contributed by atoms with Gasteiger partial charge in [-0.25, -0.2) is 0 Å². The maximum absolute atomic E-state index is 11.9. The van der Waals surface area contributed by atoms with Gasteiger partial charge in [0.1, 0.15) is 17.5 Å². The van der Waals surface area contributed by atoms with Gasteiger partial charge in [0.15, 0.2) is 0 Å². The molecule has 0 aliphatic carbocycles. The third-order valence-corrected chi connectivity index (χ3v) is 4.55. The molecular weight excluding hydrogens is 290 g/mol. The van der Waals surface area contributed by atoms with Crippen molar-refractivity contribution in [2.75, 3.05) is 38.8 Å². The lowest BCUT2D eigenvalue weighted by molar-refractivity contribution is -0.143. The van der Waals surface area contributed by atoms with Crippen LogP contribution in [-0.2, 0) is 4.79 Å². The molecule has 2 rings (SSSR count). The summed E-state index contributed by atoms with van der Waals surface area (Å²) >= 11 is 1.85. The van der Waals surface area contributed by atoms with Crippen LogP contribution in [0, 0.1) is 6.92 Å². The molecule has 0 spiro atoms. The van der Waals surface area contributed by atoms with Crippen molar-refractivity contribution in [2.24, 2.45) is 0 Å². The highest BCUT2D eigenvalue weighted by Crippen LogP contribution is 2.39. The van der Waals surface area contributed by atoms with E-state index in [9.17, 15) is 9.90 Å². The summed E-state index contributed by atoms with van der Waals surface area (Å²) in [6.07, 6.45) is 0. The number of ether oxygens (including phenoxy) is 2. The fourth-order valence-corrected chi connectivity index (χ4v) is 3.57. The van der Waals surface area contributed by atoms with Crippen LogP contribution in [0.25, 0.3) is 0 Å². The van der Waals surface area contributed by atoms with Gasteiger partial charge in [-0.1, -0.05) is 0 Å². The third-order valence-electron chi connectivity index (χ3n) is 3.61.